The van der Waals surface area contributed by atoms with Crippen molar-refractivity contribution in [3.8, 4) is 0 Å². The van der Waals surface area contributed by atoms with Gasteiger partial charge in [0.2, 0.25) is 5.91 Å². The highest BCUT2D eigenvalue weighted by Gasteiger charge is 2.51. The number of rotatable bonds is 10. The summed E-state index contributed by atoms with van der Waals surface area (Å²) in [6, 6.07) is 13.7. The summed E-state index contributed by atoms with van der Waals surface area (Å²) in [5, 5.41) is 10.3. The predicted octanol–water partition coefficient (Wildman–Crippen LogP) is 6.52. The normalized spacial score (nSPS) is 24.1. The van der Waals surface area contributed by atoms with Crippen molar-refractivity contribution in [2.24, 2.45) is 5.41 Å². The zero-order valence-electron chi connectivity index (χ0n) is 21.7. The van der Waals surface area contributed by atoms with E-state index in [2.05, 4.69) is 0 Å². The van der Waals surface area contributed by atoms with Crippen molar-refractivity contribution in [3.63, 3.8) is 0 Å². The summed E-state index contributed by atoms with van der Waals surface area (Å²) in [5.41, 5.74) is 0.559. The lowest BCUT2D eigenvalue weighted by molar-refractivity contribution is -0.160. The van der Waals surface area contributed by atoms with Gasteiger partial charge >= 0.3 is 5.97 Å². The Morgan fingerprint density at radius 3 is 2.32 bits per heavy atom. The third-order valence-corrected chi connectivity index (χ3v) is 10.5. The summed E-state index contributed by atoms with van der Waals surface area (Å²) in [7, 11) is -3.34. The molecule has 0 bridgehead atoms. The maximum absolute atomic E-state index is 14.1. The number of amides is 1. The van der Waals surface area contributed by atoms with Crippen molar-refractivity contribution < 1.29 is 23.1 Å². The molecule has 9 heteroatoms. The number of carboxylic acid groups (broad SMARTS) is 1. The SMILES string of the molecule is CCC(C)S(=O)(=O)CCC(C)N1C(=O)C(C)(CC(=O)O)CC(c2cccc(Cl)c2)C1c1ccc(Cl)cc1. The molecule has 1 saturated heterocycles. The smallest absolute Gasteiger partial charge is 0.304 e. The first-order chi connectivity index (χ1) is 17.3. The molecule has 37 heavy (non-hydrogen) atoms. The van der Waals surface area contributed by atoms with Crippen molar-refractivity contribution in [1.82, 2.24) is 4.90 Å². The monoisotopic (exact) mass is 567 g/mol. The Bertz CT molecular complexity index is 1230. The van der Waals surface area contributed by atoms with Gasteiger partial charge in [0.05, 0.1) is 28.9 Å². The molecular formula is C28H35Cl2NO5S. The van der Waals surface area contributed by atoms with E-state index in [9.17, 15) is 23.1 Å². The second-order valence-corrected chi connectivity index (χ2v) is 13.8. The number of hydrogen-bond acceptors (Lipinski definition) is 4. The van der Waals surface area contributed by atoms with Crippen LogP contribution in [0.3, 0.4) is 0 Å². The lowest BCUT2D eigenvalue weighted by atomic mass is 9.67. The van der Waals surface area contributed by atoms with E-state index in [4.69, 9.17) is 23.2 Å². The summed E-state index contributed by atoms with van der Waals surface area (Å²) >= 11 is 12.5. The average molecular weight is 569 g/mol. The van der Waals surface area contributed by atoms with Crippen LogP contribution in [0.4, 0.5) is 0 Å². The van der Waals surface area contributed by atoms with Gasteiger partial charge in [-0.2, -0.15) is 0 Å². The fourth-order valence-electron chi connectivity index (χ4n) is 5.29. The molecule has 0 aliphatic carbocycles. The first kappa shape index (κ1) is 29.5. The van der Waals surface area contributed by atoms with Gasteiger partial charge in [0.25, 0.3) is 0 Å². The molecule has 1 amide bonds. The van der Waals surface area contributed by atoms with Crippen LogP contribution in [0.1, 0.15) is 76.5 Å². The fourth-order valence-corrected chi connectivity index (χ4v) is 7.20. The van der Waals surface area contributed by atoms with Crippen LogP contribution in [0, 0.1) is 5.41 Å². The Hall–Kier alpha value is -2.09. The van der Waals surface area contributed by atoms with Crippen LogP contribution in [0.25, 0.3) is 0 Å². The van der Waals surface area contributed by atoms with E-state index in [1.165, 1.54) is 0 Å². The molecule has 1 aliphatic rings. The van der Waals surface area contributed by atoms with E-state index >= 15 is 0 Å². The molecule has 0 saturated carbocycles. The minimum absolute atomic E-state index is 0.0578. The second kappa shape index (κ2) is 11.7. The molecule has 0 aromatic heterocycles. The van der Waals surface area contributed by atoms with E-state index in [-0.39, 0.29) is 30.4 Å². The minimum atomic E-state index is -3.34. The van der Waals surface area contributed by atoms with E-state index < -0.39 is 38.6 Å². The predicted molar refractivity (Wildman–Crippen MR) is 148 cm³/mol. The number of carbonyl (C=O) groups excluding carboxylic acids is 1. The van der Waals surface area contributed by atoms with Gasteiger partial charge in [-0.3, -0.25) is 9.59 Å². The Labute approximate surface area is 229 Å². The molecule has 2 aromatic rings. The van der Waals surface area contributed by atoms with Gasteiger partial charge < -0.3 is 10.0 Å². The number of benzene rings is 2. The molecule has 0 spiro atoms. The molecular weight excluding hydrogens is 533 g/mol. The lowest BCUT2D eigenvalue weighted by Crippen LogP contribution is -2.55. The topological polar surface area (TPSA) is 91.8 Å². The van der Waals surface area contributed by atoms with Gasteiger partial charge in [0.1, 0.15) is 0 Å². The van der Waals surface area contributed by atoms with Gasteiger partial charge in [-0.1, -0.05) is 61.3 Å². The third-order valence-electron chi connectivity index (χ3n) is 7.61. The lowest BCUT2D eigenvalue weighted by Gasteiger charge is -2.51. The molecule has 3 rings (SSSR count). The van der Waals surface area contributed by atoms with Crippen LogP contribution in [-0.4, -0.2) is 47.3 Å². The van der Waals surface area contributed by atoms with Crippen LogP contribution in [0.15, 0.2) is 48.5 Å². The molecule has 1 heterocycles. The van der Waals surface area contributed by atoms with Crippen LogP contribution in [0.5, 0.6) is 0 Å². The van der Waals surface area contributed by atoms with E-state index in [1.54, 1.807) is 36.9 Å². The first-order valence-corrected chi connectivity index (χ1v) is 15.0. The zero-order valence-corrected chi connectivity index (χ0v) is 24.0. The molecule has 1 N–H and O–H groups in total. The summed E-state index contributed by atoms with van der Waals surface area (Å²) in [5.74, 6) is -1.67. The summed E-state index contributed by atoms with van der Waals surface area (Å²) in [6.07, 6.45) is 0.735. The Morgan fingerprint density at radius 2 is 1.76 bits per heavy atom. The molecule has 1 fully saturated rings. The Balaban J connectivity index is 2.14. The van der Waals surface area contributed by atoms with Gasteiger partial charge in [-0.25, -0.2) is 8.42 Å². The van der Waals surface area contributed by atoms with Crippen molar-refractivity contribution in [2.45, 2.75) is 76.6 Å². The van der Waals surface area contributed by atoms with Crippen LogP contribution < -0.4 is 0 Å². The molecule has 6 nitrogen and oxygen atoms in total. The van der Waals surface area contributed by atoms with Crippen molar-refractivity contribution in [2.75, 3.05) is 5.75 Å². The number of hydrogen-bond donors (Lipinski definition) is 1. The number of nitrogens with zero attached hydrogens (tertiary/aromatic N) is 1. The summed E-state index contributed by atoms with van der Waals surface area (Å²) in [6.45, 7) is 7.06. The molecule has 1 aliphatic heterocycles. The highest BCUT2D eigenvalue weighted by atomic mass is 35.5. The number of halogens is 2. The first-order valence-electron chi connectivity index (χ1n) is 12.6. The van der Waals surface area contributed by atoms with Crippen molar-refractivity contribution in [1.29, 1.82) is 0 Å². The molecule has 2 aromatic carbocycles. The summed E-state index contributed by atoms with van der Waals surface area (Å²) in [4.78, 5) is 27.7. The zero-order chi connectivity index (χ0) is 27.5. The van der Waals surface area contributed by atoms with Gasteiger partial charge in [0, 0.05) is 22.0 Å². The largest absolute Gasteiger partial charge is 0.481 e. The number of aliphatic carboxylic acids is 1. The Morgan fingerprint density at radius 1 is 1.11 bits per heavy atom. The summed E-state index contributed by atoms with van der Waals surface area (Å²) < 4.78 is 25.6. The molecule has 0 radical (unpaired) electrons. The van der Waals surface area contributed by atoms with Gasteiger partial charge in [-0.05, 0) is 68.5 Å². The van der Waals surface area contributed by atoms with E-state index in [1.807, 2.05) is 44.2 Å². The van der Waals surface area contributed by atoms with Gasteiger partial charge in [0.15, 0.2) is 9.84 Å². The maximum atomic E-state index is 14.1. The van der Waals surface area contributed by atoms with Crippen LogP contribution in [0.2, 0.25) is 10.0 Å². The molecule has 5 unspecified atom stereocenters. The number of carbonyl (C=O) groups is 2. The highest BCUT2D eigenvalue weighted by molar-refractivity contribution is 7.92. The van der Waals surface area contributed by atoms with Crippen molar-refractivity contribution >= 4 is 44.9 Å². The number of carboxylic acids is 1. The molecule has 202 valence electrons. The number of piperidine rings is 1. The van der Waals surface area contributed by atoms with E-state index in [0.29, 0.717) is 22.9 Å². The highest BCUT2D eigenvalue weighted by Crippen LogP contribution is 2.52. The Kier molecular flexibility index (Phi) is 9.36. The average Bonchev–Trinajstić information content (AvgIpc) is 2.83. The van der Waals surface area contributed by atoms with Crippen molar-refractivity contribution in [3.05, 3.63) is 69.7 Å². The van der Waals surface area contributed by atoms with E-state index in [0.717, 1.165) is 11.1 Å². The third kappa shape index (κ3) is 6.68. The maximum Gasteiger partial charge on any atom is 0.304 e. The van der Waals surface area contributed by atoms with Gasteiger partial charge in [-0.15, -0.1) is 0 Å². The fraction of sp³-hybridized carbons (Fsp3) is 0.500. The van der Waals surface area contributed by atoms with Crippen LogP contribution in [-0.2, 0) is 19.4 Å². The second-order valence-electron chi connectivity index (χ2n) is 10.4. The minimum Gasteiger partial charge on any atom is -0.481 e. The quantitative estimate of drug-likeness (QED) is 0.352. The molecule has 5 atom stereocenters. The number of likely N-dealkylation sites (tertiary alicyclic amines) is 1. The number of sulfone groups is 1. The van der Waals surface area contributed by atoms with Crippen LogP contribution >= 0.6 is 23.2 Å². The standard InChI is InChI=1S/C28H35Cl2NO5S/c1-5-19(3)37(35,36)14-13-18(2)31-26(20-9-11-22(29)12-10-20)24(21-7-6-8-23(30)15-21)16-28(4,27(31)34)17-25(32)33/h6-12,15,18-19,24,26H,5,13-14,16-17H2,1-4H3,(H,32,33).